The van der Waals surface area contributed by atoms with Gasteiger partial charge < -0.3 is 10.2 Å². The van der Waals surface area contributed by atoms with Crippen molar-refractivity contribution in [3.63, 3.8) is 0 Å². The fraction of sp³-hybridized carbons (Fsp3) is 0.231. The predicted molar refractivity (Wildman–Crippen MR) is 143 cm³/mol. The lowest BCUT2D eigenvalue weighted by atomic mass is 10.1. The molecule has 0 bridgehead atoms. The number of amides is 2. The molecule has 0 aliphatic rings. The second-order valence-corrected chi connectivity index (χ2v) is 10.6. The third kappa shape index (κ3) is 6.19. The maximum absolute atomic E-state index is 13.8. The lowest BCUT2D eigenvalue weighted by Crippen LogP contribution is -2.51. The van der Waals surface area contributed by atoms with Gasteiger partial charge in [0.1, 0.15) is 12.6 Å². The van der Waals surface area contributed by atoms with Crippen LogP contribution in [-0.4, -0.2) is 44.8 Å². The molecule has 36 heavy (non-hydrogen) atoms. The summed E-state index contributed by atoms with van der Waals surface area (Å²) < 4.78 is 28.3. The number of carbonyl (C=O) groups excluding carboxylic acids is 2. The number of hydrogen-bond donors (Lipinski definition) is 1. The third-order valence-corrected chi connectivity index (χ3v) is 8.17. The largest absolute Gasteiger partial charge is 0.357 e. The minimum Gasteiger partial charge on any atom is -0.357 e. The molecule has 0 aliphatic carbocycles. The van der Waals surface area contributed by atoms with Gasteiger partial charge in [-0.15, -0.1) is 0 Å². The van der Waals surface area contributed by atoms with Gasteiger partial charge >= 0.3 is 0 Å². The highest BCUT2D eigenvalue weighted by Crippen LogP contribution is 2.28. The van der Waals surface area contributed by atoms with Crippen molar-refractivity contribution in [3.05, 3.63) is 94.5 Å². The summed E-state index contributed by atoms with van der Waals surface area (Å²) in [6, 6.07) is 20.3. The summed E-state index contributed by atoms with van der Waals surface area (Å²) in [6.45, 7) is 1.16. The molecule has 3 aromatic carbocycles. The Labute approximate surface area is 221 Å². The van der Waals surface area contributed by atoms with E-state index in [-0.39, 0.29) is 17.3 Å². The highest BCUT2D eigenvalue weighted by molar-refractivity contribution is 7.92. The van der Waals surface area contributed by atoms with Crippen molar-refractivity contribution in [3.8, 4) is 0 Å². The maximum atomic E-state index is 13.8. The summed E-state index contributed by atoms with van der Waals surface area (Å²) in [7, 11) is -2.62. The van der Waals surface area contributed by atoms with Crippen LogP contribution in [0, 0.1) is 0 Å². The van der Waals surface area contributed by atoms with Crippen LogP contribution in [0.2, 0.25) is 10.0 Å². The zero-order valence-corrected chi connectivity index (χ0v) is 22.2. The van der Waals surface area contributed by atoms with E-state index in [9.17, 15) is 18.0 Å². The number of hydrogen-bond acceptors (Lipinski definition) is 4. The number of rotatable bonds is 10. The SMILES string of the molecule is CC[C@H](C(=O)NC)N(Cc1c(Cl)cccc1Cl)C(=O)CN(c1ccccc1)S(=O)(=O)c1ccccc1. The molecule has 0 saturated heterocycles. The van der Waals surface area contributed by atoms with E-state index in [2.05, 4.69) is 5.32 Å². The first kappa shape index (κ1) is 27.5. The van der Waals surface area contributed by atoms with Crippen LogP contribution < -0.4 is 9.62 Å². The Morgan fingerprint density at radius 3 is 1.97 bits per heavy atom. The van der Waals surface area contributed by atoms with Crippen molar-refractivity contribution in [2.24, 2.45) is 0 Å². The molecular formula is C26H27Cl2N3O4S. The summed E-state index contributed by atoms with van der Waals surface area (Å²) >= 11 is 12.7. The van der Waals surface area contributed by atoms with E-state index < -0.39 is 28.5 Å². The van der Waals surface area contributed by atoms with Gasteiger partial charge in [-0.3, -0.25) is 13.9 Å². The number of nitrogens with one attached hydrogen (secondary N) is 1. The van der Waals surface area contributed by atoms with Gasteiger partial charge in [-0.2, -0.15) is 0 Å². The molecule has 0 radical (unpaired) electrons. The Morgan fingerprint density at radius 1 is 0.889 bits per heavy atom. The molecule has 0 aromatic heterocycles. The number of halogens is 2. The van der Waals surface area contributed by atoms with Crippen molar-refractivity contribution < 1.29 is 18.0 Å². The summed E-state index contributed by atoms with van der Waals surface area (Å²) in [5, 5.41) is 3.25. The maximum Gasteiger partial charge on any atom is 0.264 e. The molecule has 1 atom stereocenters. The highest BCUT2D eigenvalue weighted by Gasteiger charge is 2.33. The summed E-state index contributed by atoms with van der Waals surface area (Å²) in [5.74, 6) is -0.962. The quantitative estimate of drug-likeness (QED) is 0.397. The first-order chi connectivity index (χ1) is 17.2. The first-order valence-corrected chi connectivity index (χ1v) is 13.5. The van der Waals surface area contributed by atoms with Gasteiger partial charge in [-0.25, -0.2) is 8.42 Å². The number of nitrogens with zero attached hydrogens (tertiary/aromatic N) is 2. The van der Waals surface area contributed by atoms with Gasteiger partial charge in [0.05, 0.1) is 10.6 Å². The van der Waals surface area contributed by atoms with Gasteiger partial charge in [0, 0.05) is 29.2 Å². The fourth-order valence-corrected chi connectivity index (χ4v) is 5.73. The Morgan fingerprint density at radius 2 is 1.44 bits per heavy atom. The number of anilines is 1. The molecule has 0 unspecified atom stereocenters. The Kier molecular flexibility index (Phi) is 9.37. The zero-order chi connectivity index (χ0) is 26.3. The summed E-state index contributed by atoms with van der Waals surface area (Å²) in [6.07, 6.45) is 0.296. The van der Waals surface area contributed by atoms with Crippen molar-refractivity contribution >= 4 is 50.7 Å². The molecule has 0 spiro atoms. The van der Waals surface area contributed by atoms with E-state index in [1.807, 2.05) is 0 Å². The monoisotopic (exact) mass is 547 g/mol. The van der Waals surface area contributed by atoms with Crippen molar-refractivity contribution in [2.75, 3.05) is 17.9 Å². The van der Waals surface area contributed by atoms with Gasteiger partial charge in [-0.05, 0) is 42.8 Å². The normalized spacial score (nSPS) is 12.0. The van der Waals surface area contributed by atoms with Crippen LogP contribution in [-0.2, 0) is 26.2 Å². The van der Waals surface area contributed by atoms with Gasteiger partial charge in [0.15, 0.2) is 0 Å². The predicted octanol–water partition coefficient (Wildman–Crippen LogP) is 4.74. The molecule has 3 aromatic rings. The second-order valence-electron chi connectivity index (χ2n) is 7.92. The smallest absolute Gasteiger partial charge is 0.264 e. The van der Waals surface area contributed by atoms with E-state index >= 15 is 0 Å². The van der Waals surface area contributed by atoms with Crippen LogP contribution in [0.15, 0.2) is 83.8 Å². The average Bonchev–Trinajstić information content (AvgIpc) is 2.89. The van der Waals surface area contributed by atoms with Crippen LogP contribution in [0.25, 0.3) is 0 Å². The molecule has 3 rings (SSSR count). The van der Waals surface area contributed by atoms with Crippen molar-refractivity contribution in [1.82, 2.24) is 10.2 Å². The van der Waals surface area contributed by atoms with Crippen molar-refractivity contribution in [1.29, 1.82) is 0 Å². The van der Waals surface area contributed by atoms with Crippen LogP contribution in [0.3, 0.4) is 0 Å². The molecule has 10 heteroatoms. The minimum atomic E-state index is -4.10. The molecule has 7 nitrogen and oxygen atoms in total. The summed E-state index contributed by atoms with van der Waals surface area (Å²) in [5.41, 5.74) is 0.784. The van der Waals surface area contributed by atoms with Gasteiger partial charge in [-0.1, -0.05) is 72.6 Å². The zero-order valence-electron chi connectivity index (χ0n) is 19.9. The lowest BCUT2D eigenvalue weighted by Gasteiger charge is -2.33. The van der Waals surface area contributed by atoms with E-state index in [1.165, 1.54) is 24.1 Å². The summed E-state index contributed by atoms with van der Waals surface area (Å²) in [4.78, 5) is 27.9. The van der Waals surface area contributed by atoms with E-state index in [1.54, 1.807) is 73.7 Å². The molecule has 0 heterocycles. The Balaban J connectivity index is 2.06. The van der Waals surface area contributed by atoms with Crippen LogP contribution in [0.4, 0.5) is 5.69 Å². The Hall–Kier alpha value is -3.07. The molecule has 1 N–H and O–H groups in total. The molecule has 2 amide bonds. The minimum absolute atomic E-state index is 0.0423. The van der Waals surface area contributed by atoms with E-state index in [0.717, 1.165) is 4.31 Å². The second kappa shape index (κ2) is 12.3. The number of likely N-dealkylation sites (N-methyl/N-ethyl adjacent to an activating group) is 1. The van der Waals surface area contributed by atoms with Crippen LogP contribution >= 0.6 is 23.2 Å². The molecular weight excluding hydrogens is 521 g/mol. The molecule has 0 saturated carbocycles. The first-order valence-electron chi connectivity index (χ1n) is 11.3. The Bertz CT molecular complexity index is 1290. The number of para-hydroxylation sites is 1. The average molecular weight is 548 g/mol. The third-order valence-electron chi connectivity index (χ3n) is 5.68. The van der Waals surface area contributed by atoms with E-state index in [0.29, 0.717) is 27.7 Å². The number of benzene rings is 3. The van der Waals surface area contributed by atoms with Gasteiger partial charge in [0.25, 0.3) is 10.0 Å². The standard InChI is InChI=1S/C26H27Cl2N3O4S/c1-3-24(26(33)29-2)30(17-21-22(27)15-10-16-23(21)28)25(32)18-31(19-11-6-4-7-12-19)36(34,35)20-13-8-5-9-14-20/h4-16,24H,3,17-18H2,1-2H3,(H,29,33)/t24-/m1/s1. The van der Waals surface area contributed by atoms with E-state index in [4.69, 9.17) is 23.2 Å². The topological polar surface area (TPSA) is 86.8 Å². The molecule has 0 fully saturated rings. The van der Waals surface area contributed by atoms with Crippen molar-refractivity contribution in [2.45, 2.75) is 30.8 Å². The molecule has 190 valence electrons. The van der Waals surface area contributed by atoms with Crippen LogP contribution in [0.1, 0.15) is 18.9 Å². The van der Waals surface area contributed by atoms with Crippen LogP contribution in [0.5, 0.6) is 0 Å². The molecule has 0 aliphatic heterocycles. The highest BCUT2D eigenvalue weighted by atomic mass is 35.5. The number of sulfonamides is 1. The van der Waals surface area contributed by atoms with Gasteiger partial charge in [0.2, 0.25) is 11.8 Å². The fourth-order valence-electron chi connectivity index (χ4n) is 3.78. The number of carbonyl (C=O) groups is 2. The lowest BCUT2D eigenvalue weighted by molar-refractivity contribution is -0.140.